The van der Waals surface area contributed by atoms with Crippen LogP contribution in [0, 0.1) is 5.92 Å². The lowest BCUT2D eigenvalue weighted by molar-refractivity contribution is -0.119. The van der Waals surface area contributed by atoms with Gasteiger partial charge in [0.2, 0.25) is 11.8 Å². The molecule has 1 fully saturated rings. The summed E-state index contributed by atoms with van der Waals surface area (Å²) in [6.45, 7) is -0.149. The zero-order chi connectivity index (χ0) is 20.3. The van der Waals surface area contributed by atoms with Crippen LogP contribution in [0.3, 0.4) is 0 Å². The summed E-state index contributed by atoms with van der Waals surface area (Å²) in [7, 11) is 0. The third kappa shape index (κ3) is 4.62. The average molecular weight is 394 g/mol. The first-order chi connectivity index (χ1) is 13.2. The number of hydrogen-bond donors (Lipinski definition) is 3. The van der Waals surface area contributed by atoms with Crippen LogP contribution in [0.2, 0.25) is 0 Å². The lowest BCUT2D eigenvalue weighted by Crippen LogP contribution is -2.38. The molecule has 0 spiro atoms. The smallest absolute Gasteiger partial charge is 0.404 e. The summed E-state index contributed by atoms with van der Waals surface area (Å²) < 4.78 is 26.5. The van der Waals surface area contributed by atoms with E-state index >= 15 is 0 Å². The zero-order valence-corrected chi connectivity index (χ0v) is 15.0. The largest absolute Gasteiger partial charge is 0.465 e. The van der Waals surface area contributed by atoms with Crippen molar-refractivity contribution in [1.82, 2.24) is 15.2 Å². The minimum absolute atomic E-state index is 0.0136. The summed E-state index contributed by atoms with van der Waals surface area (Å²) in [5.41, 5.74) is 2.11. The van der Waals surface area contributed by atoms with E-state index in [2.05, 4.69) is 15.8 Å². The van der Waals surface area contributed by atoms with E-state index in [0.717, 1.165) is 4.79 Å². The molecule has 2 aromatic rings. The third-order valence-corrected chi connectivity index (χ3v) is 4.83. The molecule has 1 aromatic carbocycles. The van der Waals surface area contributed by atoms with Gasteiger partial charge in [0.25, 0.3) is 5.56 Å². The average Bonchev–Trinajstić information content (AvgIpc) is 2.64. The minimum atomic E-state index is -2.67. The minimum Gasteiger partial charge on any atom is -0.465 e. The molecule has 0 atom stereocenters. The molecular weight excluding hydrogens is 374 g/mol. The maximum absolute atomic E-state index is 13.2. The summed E-state index contributed by atoms with van der Waals surface area (Å²) in [5, 5.41) is 15.8. The third-order valence-electron chi connectivity index (χ3n) is 4.83. The molecule has 0 saturated heterocycles. The molecule has 0 unspecified atom stereocenters. The quantitative estimate of drug-likeness (QED) is 0.721. The molecule has 0 bridgehead atoms. The number of carboxylic acid groups (broad SMARTS) is 1. The molecule has 0 aliphatic heterocycles. The highest BCUT2D eigenvalue weighted by atomic mass is 19.3. The van der Waals surface area contributed by atoms with Crippen molar-refractivity contribution in [2.45, 2.75) is 44.6 Å². The highest BCUT2D eigenvalue weighted by Gasteiger charge is 2.35. The van der Waals surface area contributed by atoms with E-state index in [-0.39, 0.29) is 55.6 Å². The topological polar surface area (TPSA) is 113 Å². The number of carbonyl (C=O) groups excluding carboxylic acids is 1. The van der Waals surface area contributed by atoms with Gasteiger partial charge in [-0.25, -0.2) is 19.0 Å². The SMILES string of the molecule is O=C(O)NCc1nn(NC(=O)CC2CCC(F)(F)CC2)c(=O)c2ccccc12. The van der Waals surface area contributed by atoms with Crippen LogP contribution >= 0.6 is 0 Å². The Bertz CT molecular complexity index is 950. The Morgan fingerprint density at radius 3 is 2.50 bits per heavy atom. The fourth-order valence-electron chi connectivity index (χ4n) is 3.35. The van der Waals surface area contributed by atoms with Crippen molar-refractivity contribution < 1.29 is 23.5 Å². The van der Waals surface area contributed by atoms with Gasteiger partial charge in [-0.3, -0.25) is 9.59 Å². The number of halogens is 2. The van der Waals surface area contributed by atoms with Crippen LogP contribution in [0.25, 0.3) is 10.8 Å². The van der Waals surface area contributed by atoms with E-state index in [1.165, 1.54) is 0 Å². The van der Waals surface area contributed by atoms with Gasteiger partial charge >= 0.3 is 6.09 Å². The summed E-state index contributed by atoms with van der Waals surface area (Å²) in [4.78, 5) is 36.4. The van der Waals surface area contributed by atoms with Crippen molar-refractivity contribution in [3.05, 3.63) is 40.3 Å². The van der Waals surface area contributed by atoms with E-state index in [1.807, 2.05) is 0 Å². The van der Waals surface area contributed by atoms with Crippen LogP contribution in [0.15, 0.2) is 29.1 Å². The Labute approximate surface area is 158 Å². The Hall–Kier alpha value is -3.04. The molecule has 1 aromatic heterocycles. The standard InChI is InChI=1S/C18H20F2N4O4/c19-18(20)7-5-11(6-8-18)9-15(25)23-24-16(26)13-4-2-1-3-12(13)14(22-24)10-21-17(27)28/h1-4,11,21H,5-10H2,(H,23,25)(H,27,28). The van der Waals surface area contributed by atoms with Crippen molar-refractivity contribution in [3.63, 3.8) is 0 Å². The molecule has 1 aliphatic carbocycles. The van der Waals surface area contributed by atoms with Gasteiger partial charge in [-0.15, -0.1) is 4.79 Å². The Morgan fingerprint density at radius 2 is 1.86 bits per heavy atom. The number of amides is 2. The predicted octanol–water partition coefficient (Wildman–Crippen LogP) is 2.45. The fourth-order valence-corrected chi connectivity index (χ4v) is 3.35. The first-order valence-electron chi connectivity index (χ1n) is 8.90. The maximum atomic E-state index is 13.2. The molecule has 2 amide bonds. The summed E-state index contributed by atoms with van der Waals surface area (Å²) in [6.07, 6.45) is -1.24. The second kappa shape index (κ2) is 7.91. The van der Waals surface area contributed by atoms with E-state index in [1.54, 1.807) is 24.3 Å². The summed E-state index contributed by atoms with van der Waals surface area (Å²) >= 11 is 0. The van der Waals surface area contributed by atoms with E-state index in [4.69, 9.17) is 5.11 Å². The van der Waals surface area contributed by atoms with Gasteiger partial charge in [-0.05, 0) is 24.8 Å². The van der Waals surface area contributed by atoms with Gasteiger partial charge in [0.15, 0.2) is 0 Å². The predicted molar refractivity (Wildman–Crippen MR) is 96.8 cm³/mol. The van der Waals surface area contributed by atoms with Crippen LogP contribution in [-0.4, -0.2) is 32.9 Å². The van der Waals surface area contributed by atoms with Gasteiger partial charge in [0, 0.05) is 24.6 Å². The van der Waals surface area contributed by atoms with Crippen LogP contribution in [0.1, 0.15) is 37.8 Å². The molecule has 1 aliphatic rings. The normalized spacial score (nSPS) is 16.6. The number of nitrogens with one attached hydrogen (secondary N) is 2. The molecule has 3 N–H and O–H groups in total. The second-order valence-electron chi connectivity index (χ2n) is 6.91. The molecule has 0 radical (unpaired) electrons. The zero-order valence-electron chi connectivity index (χ0n) is 15.0. The van der Waals surface area contributed by atoms with Crippen molar-refractivity contribution in [1.29, 1.82) is 0 Å². The van der Waals surface area contributed by atoms with Gasteiger partial charge in [-0.2, -0.15) is 5.10 Å². The van der Waals surface area contributed by atoms with Crippen molar-refractivity contribution in [2.24, 2.45) is 5.92 Å². The number of fused-ring (bicyclic) bond motifs is 1. The van der Waals surface area contributed by atoms with Crippen LogP contribution < -0.4 is 16.3 Å². The second-order valence-corrected chi connectivity index (χ2v) is 6.91. The molecule has 1 saturated carbocycles. The number of alkyl halides is 2. The lowest BCUT2D eigenvalue weighted by Gasteiger charge is -2.27. The molecule has 1 heterocycles. The number of aromatic nitrogens is 2. The monoisotopic (exact) mass is 394 g/mol. The van der Waals surface area contributed by atoms with Crippen molar-refractivity contribution in [3.8, 4) is 0 Å². The first kappa shape index (κ1) is 19.7. The first-order valence-corrected chi connectivity index (χ1v) is 8.90. The molecule has 3 rings (SSSR count). The number of hydrogen-bond acceptors (Lipinski definition) is 4. The highest BCUT2D eigenvalue weighted by Crippen LogP contribution is 2.37. The van der Waals surface area contributed by atoms with Gasteiger partial charge in [0.05, 0.1) is 17.6 Å². The van der Waals surface area contributed by atoms with Crippen LogP contribution in [0.4, 0.5) is 13.6 Å². The molecule has 150 valence electrons. The van der Waals surface area contributed by atoms with E-state index in [0.29, 0.717) is 5.39 Å². The highest BCUT2D eigenvalue weighted by molar-refractivity contribution is 5.86. The van der Waals surface area contributed by atoms with Crippen LogP contribution in [0.5, 0.6) is 0 Å². The Morgan fingerprint density at radius 1 is 1.21 bits per heavy atom. The Balaban J connectivity index is 1.78. The molecule has 28 heavy (non-hydrogen) atoms. The number of rotatable bonds is 5. The van der Waals surface area contributed by atoms with Crippen molar-refractivity contribution in [2.75, 3.05) is 5.43 Å². The summed E-state index contributed by atoms with van der Waals surface area (Å²) in [5.74, 6) is -3.35. The van der Waals surface area contributed by atoms with E-state index in [9.17, 15) is 23.2 Å². The van der Waals surface area contributed by atoms with Crippen molar-refractivity contribution >= 4 is 22.8 Å². The number of benzene rings is 1. The van der Waals surface area contributed by atoms with Gasteiger partial charge in [0.1, 0.15) is 0 Å². The molecule has 8 nitrogen and oxygen atoms in total. The lowest BCUT2D eigenvalue weighted by atomic mass is 9.85. The number of carbonyl (C=O) groups is 2. The fraction of sp³-hybridized carbons (Fsp3) is 0.444. The Kier molecular flexibility index (Phi) is 5.57. The van der Waals surface area contributed by atoms with Gasteiger partial charge in [-0.1, -0.05) is 18.2 Å². The summed E-state index contributed by atoms with van der Waals surface area (Å²) in [6, 6.07) is 6.52. The molecular formula is C18H20F2N4O4. The number of nitrogens with zero attached hydrogens (tertiary/aromatic N) is 2. The maximum Gasteiger partial charge on any atom is 0.404 e. The molecule has 10 heteroatoms. The van der Waals surface area contributed by atoms with Crippen LogP contribution in [-0.2, 0) is 11.3 Å². The van der Waals surface area contributed by atoms with Gasteiger partial charge < -0.3 is 10.4 Å². The van der Waals surface area contributed by atoms with E-state index < -0.39 is 23.5 Å².